The van der Waals surface area contributed by atoms with E-state index < -0.39 is 0 Å². The van der Waals surface area contributed by atoms with Crippen molar-refractivity contribution in [2.24, 2.45) is 0 Å². The maximum Gasteiger partial charge on any atom is 0.223 e. The van der Waals surface area contributed by atoms with Crippen molar-refractivity contribution in [3.8, 4) is 0 Å². The molecule has 26 heavy (non-hydrogen) atoms. The van der Waals surface area contributed by atoms with Crippen LogP contribution in [0.25, 0.3) is 0 Å². The van der Waals surface area contributed by atoms with Crippen molar-refractivity contribution in [3.05, 3.63) is 39.3 Å². The first-order valence-electron chi connectivity index (χ1n) is 9.75. The summed E-state index contributed by atoms with van der Waals surface area (Å²) in [6, 6.07) is 2.10. The lowest BCUT2D eigenvalue weighted by Gasteiger charge is -2.25. The van der Waals surface area contributed by atoms with Gasteiger partial charge in [-0.1, -0.05) is 0 Å². The molecule has 0 saturated carbocycles. The number of thiophene rings is 1. The van der Waals surface area contributed by atoms with Gasteiger partial charge in [-0.05, 0) is 66.5 Å². The molecule has 1 aliphatic carbocycles. The Balaban J connectivity index is 1.39. The fourth-order valence-corrected chi connectivity index (χ4v) is 4.69. The van der Waals surface area contributed by atoms with E-state index in [1.807, 2.05) is 4.90 Å². The predicted molar refractivity (Wildman–Crippen MR) is 102 cm³/mol. The Bertz CT molecular complexity index is 720. The molecule has 1 aliphatic heterocycles. The topological polar surface area (TPSA) is 58.2 Å². The molecule has 0 radical (unpaired) electrons. The molecule has 1 saturated heterocycles. The van der Waals surface area contributed by atoms with Crippen LogP contribution in [0.1, 0.15) is 54.6 Å². The van der Waals surface area contributed by atoms with Gasteiger partial charge in [0.15, 0.2) is 0 Å². The van der Waals surface area contributed by atoms with E-state index in [4.69, 9.17) is 4.74 Å². The molecule has 0 aromatic carbocycles. The van der Waals surface area contributed by atoms with Crippen LogP contribution in [0, 0.1) is 0 Å². The number of nitrogens with zero attached hydrogens (tertiary/aromatic N) is 2. The van der Waals surface area contributed by atoms with E-state index in [9.17, 15) is 4.79 Å². The summed E-state index contributed by atoms with van der Waals surface area (Å²) in [5.74, 6) is 0.208. The zero-order valence-corrected chi connectivity index (χ0v) is 16.0. The van der Waals surface area contributed by atoms with Crippen molar-refractivity contribution in [1.29, 1.82) is 0 Å². The average molecular weight is 374 g/mol. The smallest absolute Gasteiger partial charge is 0.223 e. The fraction of sp³-hybridized carbons (Fsp3) is 0.600. The van der Waals surface area contributed by atoms with Gasteiger partial charge in [-0.25, -0.2) is 0 Å². The number of carbonyl (C=O) groups is 1. The van der Waals surface area contributed by atoms with Crippen LogP contribution in [0.5, 0.6) is 0 Å². The summed E-state index contributed by atoms with van der Waals surface area (Å²) in [5, 5.41) is 11.9. The fourth-order valence-electron chi connectivity index (χ4n) is 4.03. The van der Waals surface area contributed by atoms with Gasteiger partial charge >= 0.3 is 0 Å². The molecule has 1 amide bonds. The Kier molecular flexibility index (Phi) is 5.70. The molecule has 2 aromatic heterocycles. The molecule has 2 aliphatic rings. The van der Waals surface area contributed by atoms with E-state index in [1.165, 1.54) is 29.7 Å². The summed E-state index contributed by atoms with van der Waals surface area (Å²) in [6.07, 6.45) is 8.27. The predicted octanol–water partition coefficient (Wildman–Crippen LogP) is 3.49. The van der Waals surface area contributed by atoms with Crippen LogP contribution >= 0.6 is 11.3 Å². The highest BCUT2D eigenvalue weighted by Crippen LogP contribution is 2.23. The second-order valence-electron chi connectivity index (χ2n) is 7.38. The van der Waals surface area contributed by atoms with Gasteiger partial charge in [0, 0.05) is 38.2 Å². The van der Waals surface area contributed by atoms with Crippen molar-refractivity contribution in [2.45, 2.75) is 64.0 Å². The summed E-state index contributed by atoms with van der Waals surface area (Å²) >= 11 is 1.68. The summed E-state index contributed by atoms with van der Waals surface area (Å²) in [5.41, 5.74) is 4.96. The second-order valence-corrected chi connectivity index (χ2v) is 8.16. The van der Waals surface area contributed by atoms with Crippen molar-refractivity contribution >= 4 is 17.2 Å². The number of aryl methyl sites for hydroxylation is 2. The largest absolute Gasteiger partial charge is 0.376 e. The minimum atomic E-state index is 0.190. The first-order valence-corrected chi connectivity index (χ1v) is 10.7. The molecule has 0 unspecified atom stereocenters. The zero-order chi connectivity index (χ0) is 17.8. The van der Waals surface area contributed by atoms with Crippen LogP contribution in [-0.4, -0.2) is 40.3 Å². The van der Waals surface area contributed by atoms with E-state index in [2.05, 4.69) is 27.0 Å². The molecule has 3 heterocycles. The van der Waals surface area contributed by atoms with E-state index in [-0.39, 0.29) is 12.0 Å². The lowest BCUT2D eigenvalue weighted by Crippen LogP contribution is -2.37. The Hall–Kier alpha value is -1.66. The van der Waals surface area contributed by atoms with E-state index in [0.29, 0.717) is 19.5 Å². The summed E-state index contributed by atoms with van der Waals surface area (Å²) in [4.78, 5) is 14.9. The van der Waals surface area contributed by atoms with Crippen molar-refractivity contribution in [1.82, 2.24) is 15.1 Å². The standard InChI is InChI=1S/C20H27N3O2S/c24-20(8-7-19-17-5-1-2-6-18(17)21-22-19)23(12-15-9-11-26-14-15)13-16-4-3-10-25-16/h9,11,14,16H,1-8,10,12-13H2,(H,21,22)/t16-/m0/s1. The maximum atomic E-state index is 13.0. The average Bonchev–Trinajstić information content (AvgIpc) is 3.41. The molecule has 5 nitrogen and oxygen atoms in total. The number of carbonyl (C=O) groups excluding carboxylic acids is 1. The number of fused-ring (bicyclic) bond motifs is 1. The molecular weight excluding hydrogens is 346 g/mol. The molecule has 2 aromatic rings. The highest BCUT2D eigenvalue weighted by atomic mass is 32.1. The lowest BCUT2D eigenvalue weighted by atomic mass is 9.94. The molecule has 1 N–H and O–H groups in total. The van der Waals surface area contributed by atoms with Gasteiger partial charge in [-0.15, -0.1) is 0 Å². The number of hydrogen-bond acceptors (Lipinski definition) is 4. The molecular formula is C20H27N3O2S. The third kappa shape index (κ3) is 4.18. The van der Waals surface area contributed by atoms with E-state index >= 15 is 0 Å². The second kappa shape index (κ2) is 8.35. The summed E-state index contributed by atoms with van der Waals surface area (Å²) in [7, 11) is 0. The molecule has 0 bridgehead atoms. The molecule has 1 fully saturated rings. The van der Waals surface area contributed by atoms with E-state index in [1.54, 1.807) is 11.3 Å². The lowest BCUT2D eigenvalue weighted by molar-refractivity contribution is -0.133. The third-order valence-electron chi connectivity index (χ3n) is 5.47. The number of rotatable bonds is 7. The van der Waals surface area contributed by atoms with Gasteiger partial charge in [0.25, 0.3) is 0 Å². The number of aromatic amines is 1. The van der Waals surface area contributed by atoms with Crippen LogP contribution in [0.15, 0.2) is 16.8 Å². The number of ether oxygens (including phenoxy) is 1. The number of amides is 1. The normalized spacial score (nSPS) is 19.5. The number of nitrogens with one attached hydrogen (secondary N) is 1. The van der Waals surface area contributed by atoms with Crippen molar-refractivity contribution in [2.75, 3.05) is 13.2 Å². The van der Waals surface area contributed by atoms with Gasteiger partial charge in [0.05, 0.1) is 11.8 Å². The molecule has 1 atom stereocenters. The van der Waals surface area contributed by atoms with Crippen LogP contribution in [0.3, 0.4) is 0 Å². The number of H-pyrrole nitrogens is 1. The maximum absolute atomic E-state index is 13.0. The minimum Gasteiger partial charge on any atom is -0.376 e. The Morgan fingerprint density at radius 2 is 2.27 bits per heavy atom. The minimum absolute atomic E-state index is 0.190. The van der Waals surface area contributed by atoms with Crippen LogP contribution < -0.4 is 0 Å². The monoisotopic (exact) mass is 373 g/mol. The quantitative estimate of drug-likeness (QED) is 0.808. The Morgan fingerprint density at radius 1 is 1.35 bits per heavy atom. The van der Waals surface area contributed by atoms with Gasteiger partial charge in [-0.3, -0.25) is 9.89 Å². The zero-order valence-electron chi connectivity index (χ0n) is 15.2. The van der Waals surface area contributed by atoms with Gasteiger partial charge < -0.3 is 9.64 Å². The first-order chi connectivity index (χ1) is 12.8. The SMILES string of the molecule is O=C(CCc1n[nH]c2c1CCCC2)N(Cc1ccsc1)C[C@@H]1CCCO1. The molecule has 140 valence electrons. The third-order valence-corrected chi connectivity index (χ3v) is 6.20. The highest BCUT2D eigenvalue weighted by molar-refractivity contribution is 7.07. The highest BCUT2D eigenvalue weighted by Gasteiger charge is 2.24. The Labute approximate surface area is 158 Å². The summed E-state index contributed by atoms with van der Waals surface area (Å²) in [6.45, 7) is 2.21. The Morgan fingerprint density at radius 3 is 3.08 bits per heavy atom. The van der Waals surface area contributed by atoms with Crippen LogP contribution in [-0.2, 0) is 35.3 Å². The molecule has 4 rings (SSSR count). The molecule has 6 heteroatoms. The van der Waals surface area contributed by atoms with Gasteiger partial charge in [0.1, 0.15) is 0 Å². The summed E-state index contributed by atoms with van der Waals surface area (Å²) < 4.78 is 5.77. The number of aromatic nitrogens is 2. The van der Waals surface area contributed by atoms with Crippen LogP contribution in [0.2, 0.25) is 0 Å². The van der Waals surface area contributed by atoms with Gasteiger partial charge in [-0.2, -0.15) is 16.4 Å². The van der Waals surface area contributed by atoms with Crippen molar-refractivity contribution in [3.63, 3.8) is 0 Å². The molecule has 0 spiro atoms. The van der Waals surface area contributed by atoms with E-state index in [0.717, 1.165) is 44.4 Å². The van der Waals surface area contributed by atoms with Crippen molar-refractivity contribution < 1.29 is 9.53 Å². The van der Waals surface area contributed by atoms with Crippen LogP contribution in [0.4, 0.5) is 0 Å². The first kappa shape index (κ1) is 17.7. The van der Waals surface area contributed by atoms with Gasteiger partial charge in [0.2, 0.25) is 5.91 Å². The number of hydrogen-bond donors (Lipinski definition) is 1.